The summed E-state index contributed by atoms with van der Waals surface area (Å²) in [6.45, 7) is 11.1. The van der Waals surface area contributed by atoms with Gasteiger partial charge >= 0.3 is 0 Å². The van der Waals surface area contributed by atoms with E-state index in [1.807, 2.05) is 59.7 Å². The Morgan fingerprint density at radius 3 is 1.00 bits per heavy atom. The molecule has 6 nitrogen and oxygen atoms in total. The van der Waals surface area contributed by atoms with Gasteiger partial charge in [-0.2, -0.15) is 0 Å². The highest BCUT2D eigenvalue weighted by Gasteiger charge is 2.14. The van der Waals surface area contributed by atoms with Gasteiger partial charge in [0.2, 0.25) is 0 Å². The molecule has 0 atom stereocenters. The van der Waals surface area contributed by atoms with Gasteiger partial charge in [0.05, 0.1) is 54.4 Å². The molecule has 0 fully saturated rings. The van der Waals surface area contributed by atoms with E-state index in [4.69, 9.17) is 12.5 Å². The fraction of sp³-hybridized carbons (Fsp3) is 0.500. The second-order valence-electron chi connectivity index (χ2n) is 6.58. The van der Waals surface area contributed by atoms with Crippen LogP contribution in [0.3, 0.4) is 0 Å². The van der Waals surface area contributed by atoms with Crippen molar-refractivity contribution in [3.05, 3.63) is 18.2 Å². The molecule has 0 unspecified atom stereocenters. The first-order valence-corrected chi connectivity index (χ1v) is 18.0. The van der Waals surface area contributed by atoms with E-state index in [0.717, 1.165) is 83.2 Å². The normalized spacial score (nSPS) is 11.5. The minimum absolute atomic E-state index is 0.0495. The maximum atomic E-state index is 12.0. The lowest BCUT2D eigenvalue weighted by atomic mass is 10.4. The van der Waals surface area contributed by atoms with E-state index < -0.39 is 0 Å². The van der Waals surface area contributed by atoms with Crippen LogP contribution in [0.1, 0.15) is 41.5 Å². The molecule has 0 saturated carbocycles. The number of rotatable bonds is 12. The van der Waals surface area contributed by atoms with Crippen molar-refractivity contribution in [3.8, 4) is 0 Å². The van der Waals surface area contributed by atoms with Gasteiger partial charge in [0, 0.05) is 47.1 Å². The summed E-state index contributed by atoms with van der Waals surface area (Å²) in [5, 5.41) is 0. The van der Waals surface area contributed by atoms with Crippen LogP contribution in [0.2, 0.25) is 0 Å². The van der Waals surface area contributed by atoms with Crippen LogP contribution >= 0.6 is 101 Å². The highest BCUT2D eigenvalue weighted by Crippen LogP contribution is 2.45. The predicted molar refractivity (Wildman–Crippen MR) is 154 cm³/mol. The third-order valence-electron chi connectivity index (χ3n) is 2.40. The fourth-order valence-corrected chi connectivity index (χ4v) is 8.66. The first kappa shape index (κ1) is 32.3. The van der Waals surface area contributed by atoms with Crippen molar-refractivity contribution in [1.29, 1.82) is 0 Å². The average Bonchev–Trinajstić information content (AvgIpc) is 2.75. The van der Waals surface area contributed by atoms with Crippen molar-refractivity contribution in [2.75, 3.05) is 0 Å². The second-order valence-corrected chi connectivity index (χ2v) is 16.1. The maximum absolute atomic E-state index is 12.0. The van der Waals surface area contributed by atoms with Crippen molar-refractivity contribution in [1.82, 2.24) is 0 Å². The molecule has 0 radical (unpaired) electrons. The monoisotopic (exact) mass is 624 g/mol. The van der Waals surface area contributed by atoms with E-state index in [2.05, 4.69) is 0 Å². The van der Waals surface area contributed by atoms with Crippen molar-refractivity contribution in [2.24, 2.45) is 0 Å². The van der Waals surface area contributed by atoms with Gasteiger partial charge in [0.25, 0.3) is 13.3 Å². The number of carbonyl (C=O) groups is 3. The van der Waals surface area contributed by atoms with Crippen LogP contribution in [0.5, 0.6) is 0 Å². The molecule has 0 N–H and O–H groups in total. The summed E-state index contributed by atoms with van der Waals surface area (Å²) >= 11 is 2.45. The third kappa shape index (κ3) is 17.4. The average molecular weight is 625 g/mol. The molecule has 0 spiro atoms. The van der Waals surface area contributed by atoms with E-state index >= 15 is 0 Å². The Bertz CT molecular complexity index is 663. The molecule has 0 saturated heterocycles. The van der Waals surface area contributed by atoms with Crippen molar-refractivity contribution in [2.45, 2.75) is 74.5 Å². The highest BCUT2D eigenvalue weighted by molar-refractivity contribution is 8.86. The summed E-state index contributed by atoms with van der Waals surface area (Å²) in [7, 11) is 7.08. The van der Waals surface area contributed by atoms with Gasteiger partial charge in [-0.15, -0.1) is 0 Å². The van der Waals surface area contributed by atoms with E-state index in [-0.39, 0.29) is 31.7 Å². The van der Waals surface area contributed by atoms with Crippen molar-refractivity contribution in [3.63, 3.8) is 0 Å². The predicted octanol–water partition coefficient (Wildman–Crippen LogP) is 10.5. The number of carbonyl (C=O) groups excluding carboxylic acids is 3. The maximum Gasteiger partial charge on any atom is 0.283 e. The topological polar surface area (TPSA) is 78.9 Å². The van der Waals surface area contributed by atoms with Crippen molar-refractivity contribution < 1.29 is 26.9 Å². The summed E-state index contributed by atoms with van der Waals surface area (Å²) in [6.07, 6.45) is -0.149. The molecule has 1 rings (SSSR count). The van der Waals surface area contributed by atoms with Gasteiger partial charge in [-0.25, -0.2) is 0 Å². The van der Waals surface area contributed by atoms with Crippen LogP contribution in [0.15, 0.2) is 32.9 Å². The molecular formula is C18H24O6S9. The largest absolute Gasteiger partial charge is 0.305 e. The summed E-state index contributed by atoms with van der Waals surface area (Å²) in [5.74, 6) is 0. The first-order chi connectivity index (χ1) is 15.5. The Balaban J connectivity index is 2.78. The summed E-state index contributed by atoms with van der Waals surface area (Å²) in [4.78, 5) is 38.5. The molecular weight excluding hydrogens is 601 g/mol. The molecule has 0 aliphatic rings. The van der Waals surface area contributed by atoms with Crippen LogP contribution in [0.4, 0.5) is 14.4 Å². The summed E-state index contributed by atoms with van der Waals surface area (Å²) in [6, 6.07) is 5.68. The Kier molecular flexibility index (Phi) is 18.1. The first-order valence-electron chi connectivity index (χ1n) is 9.35. The van der Waals surface area contributed by atoms with Gasteiger partial charge < -0.3 is 12.5 Å². The lowest BCUT2D eigenvalue weighted by molar-refractivity contribution is 0.266. The molecule has 0 aromatic heterocycles. The zero-order valence-electron chi connectivity index (χ0n) is 18.6. The third-order valence-corrected chi connectivity index (χ3v) is 12.3. The Hall–Kier alpha value is 1.26. The SMILES string of the molecule is CC(C)OSC(=O)SSc1cc(SSC(=O)SOC(C)C)cc(SSC(=O)SOC(C)C)c1. The van der Waals surface area contributed by atoms with Crippen LogP contribution in [-0.2, 0) is 12.5 Å². The zero-order valence-corrected chi connectivity index (χ0v) is 25.9. The zero-order chi connectivity index (χ0) is 24.8. The lowest BCUT2D eigenvalue weighted by Gasteiger charge is -2.09. The number of benzene rings is 1. The van der Waals surface area contributed by atoms with Crippen LogP contribution in [-0.4, -0.2) is 31.7 Å². The fourth-order valence-electron chi connectivity index (χ4n) is 1.38. The second kappa shape index (κ2) is 18.5. The van der Waals surface area contributed by atoms with E-state index in [0.29, 0.717) is 0 Å². The number of hydrogen-bond donors (Lipinski definition) is 0. The van der Waals surface area contributed by atoms with Gasteiger partial charge in [0.15, 0.2) is 0 Å². The van der Waals surface area contributed by atoms with E-state index in [9.17, 15) is 14.4 Å². The molecule has 1 aromatic rings. The van der Waals surface area contributed by atoms with Crippen LogP contribution in [0.25, 0.3) is 0 Å². The standard InChI is InChI=1S/C18H24O6S9/c1-10(2)22-25-16(19)31-28-13-7-14(29-32-17(20)26-23-11(3)4)9-15(8-13)30-33-18(21)27-24-12(5)6/h7-12H,1-6H3. The molecule has 0 aliphatic heterocycles. The Morgan fingerprint density at radius 2 is 0.788 bits per heavy atom. The molecule has 0 amide bonds. The van der Waals surface area contributed by atoms with Gasteiger partial charge in [0.1, 0.15) is 0 Å². The molecule has 0 aliphatic carbocycles. The van der Waals surface area contributed by atoms with Gasteiger partial charge in [-0.3, -0.25) is 14.4 Å². The molecule has 15 heteroatoms. The highest BCUT2D eigenvalue weighted by atomic mass is 33.1. The lowest BCUT2D eigenvalue weighted by Crippen LogP contribution is -1.96. The Labute approximate surface area is 232 Å². The smallest absolute Gasteiger partial charge is 0.283 e. The molecule has 1 aromatic carbocycles. The van der Waals surface area contributed by atoms with Gasteiger partial charge in [-0.05, 0) is 92.1 Å². The quantitative estimate of drug-likeness (QED) is 0.163. The molecule has 0 heterocycles. The van der Waals surface area contributed by atoms with E-state index in [1.165, 1.54) is 32.4 Å². The molecule has 186 valence electrons. The van der Waals surface area contributed by atoms with Crippen molar-refractivity contribution >= 4 is 114 Å². The molecule has 0 bridgehead atoms. The molecule has 33 heavy (non-hydrogen) atoms. The minimum Gasteiger partial charge on any atom is -0.305 e. The van der Waals surface area contributed by atoms with E-state index in [1.54, 1.807) is 0 Å². The minimum atomic E-state index is -0.167. The summed E-state index contributed by atoms with van der Waals surface area (Å²) < 4.78 is 15.3. The summed E-state index contributed by atoms with van der Waals surface area (Å²) in [5.41, 5.74) is 0. The number of hydrogen-bond acceptors (Lipinski definition) is 15. The van der Waals surface area contributed by atoms with Crippen LogP contribution < -0.4 is 0 Å². The van der Waals surface area contributed by atoms with Crippen LogP contribution in [0, 0.1) is 0 Å². The van der Waals surface area contributed by atoms with Gasteiger partial charge in [-0.1, -0.05) is 0 Å². The Morgan fingerprint density at radius 1 is 0.545 bits per heavy atom.